The topological polar surface area (TPSA) is 53.3 Å². The average Bonchev–Trinajstić information content (AvgIpc) is 2.42. The molecular weight excluding hydrogens is 254 g/mol. The fourth-order valence-electron chi connectivity index (χ4n) is 1.97. The van der Waals surface area contributed by atoms with Crippen LogP contribution in [0, 0.1) is 23.0 Å². The second kappa shape index (κ2) is 5.76. The van der Waals surface area contributed by atoms with E-state index in [1.54, 1.807) is 6.07 Å². The molecule has 1 saturated heterocycles. The zero-order valence-electron chi connectivity index (χ0n) is 10.1. The lowest BCUT2D eigenvalue weighted by Gasteiger charge is -2.32. The molecule has 1 aromatic carbocycles. The van der Waals surface area contributed by atoms with Crippen LogP contribution in [-0.2, 0) is 9.53 Å². The SMILES string of the molecule is N#CCC(=O)N1CCOC(c2ccc(F)c(F)c2)C1. The molecule has 19 heavy (non-hydrogen) atoms. The van der Waals surface area contributed by atoms with Crippen molar-refractivity contribution in [1.82, 2.24) is 4.90 Å². The number of benzene rings is 1. The van der Waals surface area contributed by atoms with E-state index in [0.717, 1.165) is 12.1 Å². The zero-order chi connectivity index (χ0) is 13.8. The molecule has 0 aliphatic carbocycles. The minimum absolute atomic E-state index is 0.190. The Labute approximate surface area is 109 Å². The van der Waals surface area contributed by atoms with E-state index in [2.05, 4.69) is 0 Å². The van der Waals surface area contributed by atoms with Crippen molar-refractivity contribution in [3.05, 3.63) is 35.4 Å². The molecular formula is C13H12F2N2O2. The van der Waals surface area contributed by atoms with Gasteiger partial charge in [0.1, 0.15) is 12.5 Å². The third-order valence-electron chi connectivity index (χ3n) is 2.96. The molecule has 0 spiro atoms. The molecule has 100 valence electrons. The molecule has 1 aliphatic rings. The number of carbonyl (C=O) groups is 1. The van der Waals surface area contributed by atoms with Crippen molar-refractivity contribution in [2.45, 2.75) is 12.5 Å². The molecule has 2 rings (SSSR count). The zero-order valence-corrected chi connectivity index (χ0v) is 10.1. The summed E-state index contributed by atoms with van der Waals surface area (Å²) in [6, 6.07) is 5.33. The normalized spacial score (nSPS) is 19.0. The van der Waals surface area contributed by atoms with Crippen LogP contribution in [0.2, 0.25) is 0 Å². The number of amides is 1. The number of hydrogen-bond acceptors (Lipinski definition) is 3. The number of carbonyl (C=O) groups excluding carboxylic acids is 1. The summed E-state index contributed by atoms with van der Waals surface area (Å²) in [6.45, 7) is 0.951. The Hall–Kier alpha value is -2.00. The third kappa shape index (κ3) is 3.06. The Morgan fingerprint density at radius 1 is 1.47 bits per heavy atom. The van der Waals surface area contributed by atoms with Gasteiger partial charge in [0.2, 0.25) is 5.91 Å². The highest BCUT2D eigenvalue weighted by Gasteiger charge is 2.25. The van der Waals surface area contributed by atoms with E-state index in [1.165, 1.54) is 11.0 Å². The van der Waals surface area contributed by atoms with Crippen molar-refractivity contribution in [2.24, 2.45) is 0 Å². The average molecular weight is 266 g/mol. The van der Waals surface area contributed by atoms with Crippen molar-refractivity contribution in [3.63, 3.8) is 0 Å². The van der Waals surface area contributed by atoms with Gasteiger partial charge < -0.3 is 9.64 Å². The molecule has 0 N–H and O–H groups in total. The molecule has 1 aliphatic heterocycles. The number of ether oxygens (including phenoxy) is 1. The van der Waals surface area contributed by atoms with Crippen LogP contribution in [-0.4, -0.2) is 30.5 Å². The standard InChI is InChI=1S/C13H12F2N2O2/c14-10-2-1-9(7-11(10)15)12-8-17(5-6-19-12)13(18)3-4-16/h1-2,7,12H,3,5-6,8H2. The number of hydrogen-bond donors (Lipinski definition) is 0. The van der Waals surface area contributed by atoms with E-state index in [4.69, 9.17) is 10.00 Å². The fourth-order valence-corrected chi connectivity index (χ4v) is 1.97. The molecule has 6 heteroatoms. The molecule has 1 heterocycles. The Morgan fingerprint density at radius 3 is 2.95 bits per heavy atom. The van der Waals surface area contributed by atoms with E-state index in [-0.39, 0.29) is 18.9 Å². The summed E-state index contributed by atoms with van der Waals surface area (Å²) in [7, 11) is 0. The van der Waals surface area contributed by atoms with Crippen LogP contribution in [0.1, 0.15) is 18.1 Å². The van der Waals surface area contributed by atoms with Crippen LogP contribution < -0.4 is 0 Å². The summed E-state index contributed by atoms with van der Waals surface area (Å²) in [5.74, 6) is -2.14. The number of morpholine rings is 1. The molecule has 1 aromatic rings. The molecule has 0 aromatic heterocycles. The van der Waals surface area contributed by atoms with Crippen molar-refractivity contribution in [3.8, 4) is 6.07 Å². The first kappa shape index (κ1) is 13.4. The van der Waals surface area contributed by atoms with Crippen LogP contribution >= 0.6 is 0 Å². The van der Waals surface area contributed by atoms with E-state index in [1.807, 2.05) is 0 Å². The minimum atomic E-state index is -0.943. The molecule has 1 unspecified atom stereocenters. The molecule has 4 nitrogen and oxygen atoms in total. The summed E-state index contributed by atoms with van der Waals surface area (Å²) >= 11 is 0. The molecule has 1 amide bonds. The summed E-state index contributed by atoms with van der Waals surface area (Å²) in [6.07, 6.45) is -0.684. The number of halogens is 2. The smallest absolute Gasteiger partial charge is 0.236 e. The highest BCUT2D eigenvalue weighted by Crippen LogP contribution is 2.24. The van der Waals surface area contributed by atoms with Gasteiger partial charge in [0.05, 0.1) is 19.2 Å². The summed E-state index contributed by atoms with van der Waals surface area (Å²) in [4.78, 5) is 13.1. The fraction of sp³-hybridized carbons (Fsp3) is 0.385. The number of rotatable bonds is 2. The van der Waals surface area contributed by atoms with E-state index >= 15 is 0 Å². The Bertz CT molecular complexity index is 528. The van der Waals surface area contributed by atoms with Crippen LogP contribution in [0.25, 0.3) is 0 Å². The van der Waals surface area contributed by atoms with Crippen molar-refractivity contribution in [2.75, 3.05) is 19.7 Å². The van der Waals surface area contributed by atoms with Gasteiger partial charge in [0.15, 0.2) is 11.6 Å². The molecule has 0 radical (unpaired) electrons. The highest BCUT2D eigenvalue weighted by molar-refractivity contribution is 5.78. The van der Waals surface area contributed by atoms with Crippen LogP contribution in [0.3, 0.4) is 0 Å². The Kier molecular flexibility index (Phi) is 4.07. The maximum absolute atomic E-state index is 13.2. The minimum Gasteiger partial charge on any atom is -0.370 e. The van der Waals surface area contributed by atoms with E-state index < -0.39 is 17.7 Å². The lowest BCUT2D eigenvalue weighted by molar-refractivity contribution is -0.137. The second-order valence-electron chi connectivity index (χ2n) is 4.21. The van der Waals surface area contributed by atoms with Gasteiger partial charge in [-0.3, -0.25) is 4.79 Å². The number of nitrogens with zero attached hydrogens (tertiary/aromatic N) is 2. The monoisotopic (exact) mass is 266 g/mol. The largest absolute Gasteiger partial charge is 0.370 e. The summed E-state index contributed by atoms with van der Waals surface area (Å²) < 4.78 is 31.5. The van der Waals surface area contributed by atoms with E-state index in [0.29, 0.717) is 18.7 Å². The molecule has 0 saturated carbocycles. The van der Waals surface area contributed by atoms with Gasteiger partial charge in [0.25, 0.3) is 0 Å². The van der Waals surface area contributed by atoms with E-state index in [9.17, 15) is 13.6 Å². The summed E-state index contributed by atoms with van der Waals surface area (Å²) in [5.41, 5.74) is 0.480. The van der Waals surface area contributed by atoms with Crippen molar-refractivity contribution < 1.29 is 18.3 Å². The Morgan fingerprint density at radius 2 is 2.26 bits per heavy atom. The lowest BCUT2D eigenvalue weighted by Crippen LogP contribution is -2.42. The van der Waals surface area contributed by atoms with Crippen LogP contribution in [0.4, 0.5) is 8.78 Å². The first-order valence-corrected chi connectivity index (χ1v) is 5.83. The maximum atomic E-state index is 13.2. The molecule has 1 atom stereocenters. The first-order chi connectivity index (χ1) is 9.11. The second-order valence-corrected chi connectivity index (χ2v) is 4.21. The van der Waals surface area contributed by atoms with Gasteiger partial charge >= 0.3 is 0 Å². The molecule has 0 bridgehead atoms. The molecule has 1 fully saturated rings. The van der Waals surface area contributed by atoms with Gasteiger partial charge in [-0.1, -0.05) is 6.07 Å². The Balaban J connectivity index is 2.10. The van der Waals surface area contributed by atoms with Gasteiger partial charge in [0, 0.05) is 6.54 Å². The predicted octanol–water partition coefficient (Wildman–Crippen LogP) is 1.78. The first-order valence-electron chi connectivity index (χ1n) is 5.83. The predicted molar refractivity (Wildman–Crippen MR) is 61.9 cm³/mol. The highest BCUT2D eigenvalue weighted by atomic mass is 19.2. The summed E-state index contributed by atoms with van der Waals surface area (Å²) in [5, 5.41) is 8.50. The van der Waals surface area contributed by atoms with Crippen molar-refractivity contribution >= 4 is 5.91 Å². The van der Waals surface area contributed by atoms with Gasteiger partial charge in [-0.15, -0.1) is 0 Å². The quantitative estimate of drug-likeness (QED) is 0.819. The maximum Gasteiger partial charge on any atom is 0.236 e. The van der Waals surface area contributed by atoms with Crippen molar-refractivity contribution in [1.29, 1.82) is 5.26 Å². The van der Waals surface area contributed by atoms with Crippen LogP contribution in [0.5, 0.6) is 0 Å². The van der Waals surface area contributed by atoms with Gasteiger partial charge in [-0.25, -0.2) is 8.78 Å². The van der Waals surface area contributed by atoms with Crippen LogP contribution in [0.15, 0.2) is 18.2 Å². The lowest BCUT2D eigenvalue weighted by atomic mass is 10.1. The third-order valence-corrected chi connectivity index (χ3v) is 2.96. The number of nitriles is 1. The van der Waals surface area contributed by atoms with Gasteiger partial charge in [-0.2, -0.15) is 5.26 Å². The van der Waals surface area contributed by atoms with Gasteiger partial charge in [-0.05, 0) is 17.7 Å².